The van der Waals surface area contributed by atoms with Crippen molar-refractivity contribution < 1.29 is 4.74 Å². The highest BCUT2D eigenvalue weighted by Gasteiger charge is 2.51. The van der Waals surface area contributed by atoms with E-state index in [9.17, 15) is 0 Å². The van der Waals surface area contributed by atoms with Gasteiger partial charge in [0.1, 0.15) is 11.5 Å². The number of hydrogen-bond donors (Lipinski definition) is 0. The van der Waals surface area contributed by atoms with Gasteiger partial charge in [0, 0.05) is 48.0 Å². The molecule has 0 radical (unpaired) electrons. The van der Waals surface area contributed by atoms with Gasteiger partial charge in [0.25, 0.3) is 0 Å². The Hall–Kier alpha value is -7.14. The number of thiophene rings is 1. The van der Waals surface area contributed by atoms with Gasteiger partial charge < -0.3 is 4.74 Å². The third-order valence-corrected chi connectivity index (χ3v) is 12.9. The Bertz CT molecular complexity index is 3170. The molecule has 1 aliphatic heterocycles. The van der Waals surface area contributed by atoms with Crippen LogP contribution in [0.5, 0.6) is 11.5 Å². The Morgan fingerprint density at radius 2 is 0.947 bits per heavy atom. The minimum atomic E-state index is -0.555. The lowest BCUT2D eigenvalue weighted by Gasteiger charge is -2.39. The topological polar surface area (TPSA) is 35.0 Å². The molecule has 266 valence electrons. The summed E-state index contributed by atoms with van der Waals surface area (Å²) in [5.41, 5.74) is 13.9. The molecular weight excluding hydrogens is 713 g/mol. The van der Waals surface area contributed by atoms with Gasteiger partial charge in [-0.05, 0) is 75.8 Å². The molecule has 3 nitrogen and oxygen atoms in total. The zero-order valence-electron chi connectivity index (χ0n) is 30.7. The van der Waals surface area contributed by atoms with Crippen LogP contribution in [0.15, 0.2) is 194 Å². The minimum absolute atomic E-state index is 0.555. The third-order valence-electron chi connectivity index (χ3n) is 11.8. The van der Waals surface area contributed by atoms with Crippen LogP contribution < -0.4 is 4.74 Å². The first-order chi connectivity index (χ1) is 28.2. The van der Waals surface area contributed by atoms with Crippen molar-refractivity contribution in [2.45, 2.75) is 5.41 Å². The lowest BCUT2D eigenvalue weighted by molar-refractivity contribution is 0.436. The number of rotatable bonds is 4. The number of nitrogens with zero attached hydrogens (tertiary/aromatic N) is 2. The molecule has 0 amide bonds. The fourth-order valence-electron chi connectivity index (χ4n) is 9.21. The lowest BCUT2D eigenvalue weighted by Crippen LogP contribution is -2.32. The van der Waals surface area contributed by atoms with E-state index in [1.165, 1.54) is 53.6 Å². The quantitative estimate of drug-likeness (QED) is 0.180. The van der Waals surface area contributed by atoms with E-state index in [1.54, 1.807) is 0 Å². The molecule has 3 heterocycles. The molecule has 0 bridgehead atoms. The van der Waals surface area contributed by atoms with E-state index < -0.39 is 5.41 Å². The number of hydrogen-bond acceptors (Lipinski definition) is 4. The Balaban J connectivity index is 1.01. The maximum Gasteiger partial charge on any atom is 0.160 e. The summed E-state index contributed by atoms with van der Waals surface area (Å²) in [6.45, 7) is 0. The molecule has 1 spiro atoms. The van der Waals surface area contributed by atoms with Gasteiger partial charge in [-0.1, -0.05) is 152 Å². The average molecular weight is 745 g/mol. The molecule has 1 aliphatic carbocycles. The van der Waals surface area contributed by atoms with Crippen molar-refractivity contribution in [2.24, 2.45) is 0 Å². The summed E-state index contributed by atoms with van der Waals surface area (Å²) in [6, 6.07) is 69.4. The molecule has 0 atom stereocenters. The van der Waals surface area contributed by atoms with Crippen LogP contribution in [0, 0.1) is 0 Å². The predicted molar refractivity (Wildman–Crippen MR) is 234 cm³/mol. The number of benzene rings is 8. The van der Waals surface area contributed by atoms with E-state index in [0.29, 0.717) is 5.82 Å². The molecule has 2 aliphatic rings. The van der Waals surface area contributed by atoms with Crippen molar-refractivity contribution >= 4 is 31.5 Å². The van der Waals surface area contributed by atoms with Crippen LogP contribution in [0.4, 0.5) is 0 Å². The maximum absolute atomic E-state index is 6.73. The first kappa shape index (κ1) is 32.1. The van der Waals surface area contributed by atoms with Crippen molar-refractivity contribution in [3.8, 4) is 67.7 Å². The molecule has 12 rings (SSSR count). The summed E-state index contributed by atoms with van der Waals surface area (Å²) < 4.78 is 9.35. The van der Waals surface area contributed by atoms with Crippen molar-refractivity contribution in [1.29, 1.82) is 0 Å². The van der Waals surface area contributed by atoms with Gasteiger partial charge in [0.05, 0.1) is 16.8 Å². The first-order valence-corrected chi connectivity index (χ1v) is 20.1. The average Bonchev–Trinajstić information content (AvgIpc) is 3.80. The van der Waals surface area contributed by atoms with Crippen LogP contribution >= 0.6 is 11.3 Å². The highest BCUT2D eigenvalue weighted by molar-refractivity contribution is 7.25. The summed E-state index contributed by atoms with van der Waals surface area (Å²) in [6.07, 6.45) is 0. The Kier molecular flexibility index (Phi) is 7.01. The summed E-state index contributed by atoms with van der Waals surface area (Å²) in [4.78, 5) is 10.4. The summed E-state index contributed by atoms with van der Waals surface area (Å²) >= 11 is 1.85. The van der Waals surface area contributed by atoms with Crippen LogP contribution in [0.25, 0.3) is 76.3 Å². The second kappa shape index (κ2) is 12.4. The fraction of sp³-hybridized carbons (Fsp3) is 0.0189. The predicted octanol–water partition coefficient (Wildman–Crippen LogP) is 14.0. The van der Waals surface area contributed by atoms with E-state index in [4.69, 9.17) is 14.7 Å². The van der Waals surface area contributed by atoms with Crippen LogP contribution in [0.3, 0.4) is 0 Å². The van der Waals surface area contributed by atoms with Crippen LogP contribution in [-0.2, 0) is 5.41 Å². The standard InChI is InChI=1S/C53H32N2OS/c1-2-12-35(13-3-1)52-54-46(34-24-22-33(23-25-34)36-26-28-41-40-16-6-11-21-50(40)57-51(41)31-36)32-47(55-52)37-27-29-49-45(30-37)53(44-19-9-10-20-48(44)56-49)42-17-7-4-14-38(42)39-15-5-8-18-43(39)53/h1-32H. The van der Waals surface area contributed by atoms with Crippen LogP contribution in [-0.4, -0.2) is 9.97 Å². The molecule has 0 N–H and O–H groups in total. The zero-order chi connectivity index (χ0) is 37.5. The highest BCUT2D eigenvalue weighted by Crippen LogP contribution is 2.62. The van der Waals surface area contributed by atoms with Crippen molar-refractivity contribution in [2.75, 3.05) is 0 Å². The molecule has 0 unspecified atom stereocenters. The Labute approximate surface area is 334 Å². The van der Waals surface area contributed by atoms with Crippen molar-refractivity contribution in [3.63, 3.8) is 0 Å². The van der Waals surface area contributed by atoms with Gasteiger partial charge in [-0.3, -0.25) is 0 Å². The smallest absolute Gasteiger partial charge is 0.160 e. The molecular formula is C53H32N2OS. The molecule has 0 saturated carbocycles. The second-order valence-electron chi connectivity index (χ2n) is 14.9. The van der Waals surface area contributed by atoms with Gasteiger partial charge in [0.2, 0.25) is 0 Å². The van der Waals surface area contributed by atoms with E-state index in [0.717, 1.165) is 50.7 Å². The monoisotopic (exact) mass is 744 g/mol. The molecule has 4 heteroatoms. The maximum atomic E-state index is 6.73. The number of aromatic nitrogens is 2. The number of ether oxygens (including phenoxy) is 1. The fourth-order valence-corrected chi connectivity index (χ4v) is 10.4. The highest BCUT2D eigenvalue weighted by atomic mass is 32.1. The van der Waals surface area contributed by atoms with Crippen molar-refractivity contribution in [3.05, 3.63) is 216 Å². The molecule has 57 heavy (non-hydrogen) atoms. The lowest BCUT2D eigenvalue weighted by atomic mass is 9.66. The van der Waals surface area contributed by atoms with Crippen LogP contribution in [0.1, 0.15) is 22.3 Å². The first-order valence-electron chi connectivity index (χ1n) is 19.3. The number of fused-ring (bicyclic) bond motifs is 12. The van der Waals surface area contributed by atoms with Crippen LogP contribution in [0.2, 0.25) is 0 Å². The molecule has 8 aromatic carbocycles. The molecule has 2 aromatic heterocycles. The minimum Gasteiger partial charge on any atom is -0.457 e. The largest absolute Gasteiger partial charge is 0.457 e. The van der Waals surface area contributed by atoms with E-state index >= 15 is 0 Å². The molecule has 10 aromatic rings. The van der Waals surface area contributed by atoms with E-state index in [2.05, 4.69) is 176 Å². The summed E-state index contributed by atoms with van der Waals surface area (Å²) in [5.74, 6) is 2.42. The summed E-state index contributed by atoms with van der Waals surface area (Å²) in [5, 5.41) is 2.63. The van der Waals surface area contributed by atoms with Crippen molar-refractivity contribution in [1.82, 2.24) is 9.97 Å². The number of para-hydroxylation sites is 1. The normalized spacial score (nSPS) is 13.2. The zero-order valence-corrected chi connectivity index (χ0v) is 31.5. The van der Waals surface area contributed by atoms with E-state index in [1.807, 2.05) is 29.5 Å². The summed E-state index contributed by atoms with van der Waals surface area (Å²) in [7, 11) is 0. The van der Waals surface area contributed by atoms with E-state index in [-0.39, 0.29) is 0 Å². The Morgan fingerprint density at radius 3 is 1.74 bits per heavy atom. The Morgan fingerprint density at radius 1 is 0.368 bits per heavy atom. The van der Waals surface area contributed by atoms with Gasteiger partial charge in [-0.25, -0.2) is 9.97 Å². The van der Waals surface area contributed by atoms with Gasteiger partial charge >= 0.3 is 0 Å². The van der Waals surface area contributed by atoms with Gasteiger partial charge in [0.15, 0.2) is 5.82 Å². The molecule has 0 saturated heterocycles. The van der Waals surface area contributed by atoms with Gasteiger partial charge in [-0.15, -0.1) is 11.3 Å². The van der Waals surface area contributed by atoms with Gasteiger partial charge in [-0.2, -0.15) is 0 Å². The second-order valence-corrected chi connectivity index (χ2v) is 15.9. The SMILES string of the molecule is c1ccc(-c2nc(-c3ccc(-c4ccc5c(c4)sc4ccccc45)cc3)cc(-c3ccc4c(c3)C3(c5ccccc5O4)c4ccccc4-c4ccccc43)n2)cc1. The third kappa shape index (κ3) is 4.84. The molecule has 0 fully saturated rings.